The number of hydrogen-bond acceptors (Lipinski definition) is 5. The van der Waals surface area contributed by atoms with Crippen LogP contribution in [0.3, 0.4) is 0 Å². The van der Waals surface area contributed by atoms with Gasteiger partial charge in [-0.2, -0.15) is 0 Å². The monoisotopic (exact) mass is 476 g/mol. The minimum atomic E-state index is -0.771. The van der Waals surface area contributed by atoms with Crippen molar-refractivity contribution in [2.45, 2.75) is 20.4 Å². The van der Waals surface area contributed by atoms with Crippen molar-refractivity contribution >= 4 is 40.9 Å². The highest BCUT2D eigenvalue weighted by Gasteiger charge is 2.38. The number of aromatic nitrogens is 1. The zero-order chi connectivity index (χ0) is 24.6. The third kappa shape index (κ3) is 3.95. The summed E-state index contributed by atoms with van der Waals surface area (Å²) in [7, 11) is 0. The summed E-state index contributed by atoms with van der Waals surface area (Å²) in [6.45, 7) is 7.53. The van der Waals surface area contributed by atoms with Gasteiger partial charge in [-0.25, -0.2) is 9.69 Å². The van der Waals surface area contributed by atoms with Crippen LogP contribution in [-0.4, -0.2) is 34.7 Å². The Kier molecular flexibility index (Phi) is 6.22. The first-order valence-electron chi connectivity index (χ1n) is 10.5. The van der Waals surface area contributed by atoms with Gasteiger partial charge in [-0.15, -0.1) is 6.58 Å². The highest BCUT2D eigenvalue weighted by molar-refractivity contribution is 6.39. The van der Waals surface area contributed by atoms with Gasteiger partial charge in [0.1, 0.15) is 0 Å². The van der Waals surface area contributed by atoms with Gasteiger partial charge in [0.2, 0.25) is 5.78 Å². The Bertz CT molecular complexity index is 1370. The molecular formula is C26H21ClN2O5. The maximum absolute atomic E-state index is 12.9. The molecule has 0 bridgehead atoms. The Balaban J connectivity index is 1.51. The van der Waals surface area contributed by atoms with Gasteiger partial charge in [0.25, 0.3) is 11.8 Å². The zero-order valence-corrected chi connectivity index (χ0v) is 19.4. The van der Waals surface area contributed by atoms with E-state index >= 15 is 0 Å². The second-order valence-electron chi connectivity index (χ2n) is 7.84. The molecule has 172 valence electrons. The minimum absolute atomic E-state index is 0.0610. The van der Waals surface area contributed by atoms with Crippen LogP contribution in [0.1, 0.15) is 52.8 Å². The van der Waals surface area contributed by atoms with Gasteiger partial charge in [-0.3, -0.25) is 14.4 Å². The molecule has 34 heavy (non-hydrogen) atoms. The molecule has 1 aliphatic rings. The van der Waals surface area contributed by atoms with E-state index in [1.54, 1.807) is 36.4 Å². The second kappa shape index (κ2) is 9.11. The molecular weight excluding hydrogens is 456 g/mol. The summed E-state index contributed by atoms with van der Waals surface area (Å²) in [4.78, 5) is 52.0. The molecule has 0 N–H and O–H groups in total. The third-order valence-corrected chi connectivity index (χ3v) is 6.06. The van der Waals surface area contributed by atoms with E-state index in [0.29, 0.717) is 12.1 Å². The summed E-state index contributed by atoms with van der Waals surface area (Å²) in [6.07, 6.45) is 1.74. The Morgan fingerprint density at radius 3 is 2.44 bits per heavy atom. The average Bonchev–Trinajstić information content (AvgIpc) is 3.25. The molecule has 3 aromatic rings. The summed E-state index contributed by atoms with van der Waals surface area (Å²) in [6, 6.07) is 12.3. The van der Waals surface area contributed by atoms with Crippen LogP contribution in [0.4, 0.5) is 5.69 Å². The van der Waals surface area contributed by atoms with Gasteiger partial charge in [0.05, 0.1) is 27.4 Å². The van der Waals surface area contributed by atoms with Crippen LogP contribution < -0.4 is 4.90 Å². The molecule has 1 aromatic heterocycles. The summed E-state index contributed by atoms with van der Waals surface area (Å²) < 4.78 is 7.15. The van der Waals surface area contributed by atoms with Crippen LogP contribution in [0, 0.1) is 13.8 Å². The van der Waals surface area contributed by atoms with E-state index in [4.69, 9.17) is 16.3 Å². The SMILES string of the molecule is C=CCn1c(C)cc(C(=O)COC(=O)c2ccc3c(c2)C(=O)N(c2ccccc2Cl)C3=O)c1C. The molecule has 0 saturated carbocycles. The number of benzene rings is 2. The predicted octanol–water partition coefficient (Wildman–Crippen LogP) is 4.78. The van der Waals surface area contributed by atoms with Crippen molar-refractivity contribution in [3.63, 3.8) is 0 Å². The number of allylic oxidation sites excluding steroid dienone is 1. The fourth-order valence-corrected chi connectivity index (χ4v) is 4.23. The number of esters is 1. The summed E-state index contributed by atoms with van der Waals surface area (Å²) >= 11 is 6.16. The first-order chi connectivity index (χ1) is 16.2. The number of para-hydroxylation sites is 1. The van der Waals surface area contributed by atoms with Crippen LogP contribution in [0.25, 0.3) is 0 Å². The number of ether oxygens (including phenoxy) is 1. The average molecular weight is 477 g/mol. The predicted molar refractivity (Wildman–Crippen MR) is 128 cm³/mol. The maximum Gasteiger partial charge on any atom is 0.338 e. The lowest BCUT2D eigenvalue weighted by Gasteiger charge is -2.15. The lowest BCUT2D eigenvalue weighted by molar-refractivity contribution is 0.0474. The number of amides is 2. The lowest BCUT2D eigenvalue weighted by atomic mass is 10.1. The number of fused-ring (bicyclic) bond motifs is 1. The number of ketones is 1. The van der Waals surface area contributed by atoms with Crippen molar-refractivity contribution < 1.29 is 23.9 Å². The van der Waals surface area contributed by atoms with Crippen LogP contribution in [0.15, 0.2) is 61.2 Å². The lowest BCUT2D eigenvalue weighted by Crippen LogP contribution is -2.29. The Morgan fingerprint density at radius 2 is 1.74 bits per heavy atom. The van der Waals surface area contributed by atoms with Crippen molar-refractivity contribution in [1.82, 2.24) is 4.57 Å². The van der Waals surface area contributed by atoms with Gasteiger partial charge >= 0.3 is 5.97 Å². The largest absolute Gasteiger partial charge is 0.454 e. The molecule has 0 atom stereocenters. The van der Waals surface area contributed by atoms with Crippen LogP contribution >= 0.6 is 11.6 Å². The molecule has 0 fully saturated rings. The molecule has 8 heteroatoms. The summed E-state index contributed by atoms with van der Waals surface area (Å²) in [5, 5.41) is 0.252. The van der Waals surface area contributed by atoms with Crippen molar-refractivity contribution in [3.05, 3.63) is 99.9 Å². The molecule has 0 aliphatic carbocycles. The number of hydrogen-bond donors (Lipinski definition) is 0. The fourth-order valence-electron chi connectivity index (χ4n) is 4.01. The number of rotatable bonds is 7. The minimum Gasteiger partial charge on any atom is -0.454 e. The molecule has 4 rings (SSSR count). The van der Waals surface area contributed by atoms with E-state index in [1.165, 1.54) is 18.2 Å². The summed E-state index contributed by atoms with van der Waals surface area (Å²) in [5.74, 6) is -2.23. The number of anilines is 1. The smallest absolute Gasteiger partial charge is 0.338 e. The molecule has 0 spiro atoms. The fraction of sp³-hybridized carbons (Fsp3) is 0.154. The number of aryl methyl sites for hydroxylation is 1. The number of nitrogens with zero attached hydrogens (tertiary/aromatic N) is 2. The van der Waals surface area contributed by atoms with Crippen molar-refractivity contribution in [3.8, 4) is 0 Å². The topological polar surface area (TPSA) is 85.7 Å². The van der Waals surface area contributed by atoms with E-state index in [9.17, 15) is 19.2 Å². The first kappa shape index (κ1) is 23.2. The molecule has 0 saturated heterocycles. The van der Waals surface area contributed by atoms with Crippen LogP contribution in [0.5, 0.6) is 0 Å². The van der Waals surface area contributed by atoms with Crippen molar-refractivity contribution in [2.24, 2.45) is 0 Å². The van der Waals surface area contributed by atoms with Crippen molar-refractivity contribution in [2.75, 3.05) is 11.5 Å². The Labute approximate surface area is 201 Å². The van der Waals surface area contributed by atoms with Gasteiger partial charge in [0.15, 0.2) is 6.61 Å². The number of carbonyl (C=O) groups excluding carboxylic acids is 4. The quantitative estimate of drug-likeness (QED) is 0.212. The van der Waals surface area contributed by atoms with E-state index in [2.05, 4.69) is 6.58 Å². The number of halogens is 1. The second-order valence-corrected chi connectivity index (χ2v) is 8.25. The van der Waals surface area contributed by atoms with Gasteiger partial charge < -0.3 is 9.30 Å². The molecule has 2 heterocycles. The third-order valence-electron chi connectivity index (χ3n) is 5.74. The van der Waals surface area contributed by atoms with Crippen LogP contribution in [-0.2, 0) is 11.3 Å². The number of Topliss-reactive ketones (excluding diaryl/α,β-unsaturated/α-hetero) is 1. The Hall–Kier alpha value is -3.97. The standard InChI is InChI=1S/C26H21ClN2O5/c1-4-11-28-15(2)12-19(16(28)3)23(30)14-34-26(33)17-9-10-18-20(13-17)25(32)29(24(18)31)22-8-6-5-7-21(22)27/h4-10,12-13H,1,11,14H2,2-3H3. The van der Waals surface area contributed by atoms with Gasteiger partial charge in [-0.05, 0) is 50.2 Å². The van der Waals surface area contributed by atoms with Gasteiger partial charge in [0, 0.05) is 23.5 Å². The van der Waals surface area contributed by atoms with Crippen molar-refractivity contribution in [1.29, 1.82) is 0 Å². The van der Waals surface area contributed by atoms with Crippen LogP contribution in [0.2, 0.25) is 5.02 Å². The van der Waals surface area contributed by atoms with E-state index < -0.39 is 24.4 Å². The van der Waals surface area contributed by atoms with E-state index in [-0.39, 0.29) is 33.2 Å². The Morgan fingerprint density at radius 1 is 1.03 bits per heavy atom. The zero-order valence-electron chi connectivity index (χ0n) is 18.6. The number of carbonyl (C=O) groups is 4. The highest BCUT2D eigenvalue weighted by Crippen LogP contribution is 2.33. The molecule has 1 aliphatic heterocycles. The molecule has 7 nitrogen and oxygen atoms in total. The van der Waals surface area contributed by atoms with E-state index in [0.717, 1.165) is 16.3 Å². The molecule has 0 unspecified atom stereocenters. The molecule has 0 radical (unpaired) electrons. The maximum atomic E-state index is 12.9. The number of imide groups is 1. The van der Waals surface area contributed by atoms with E-state index in [1.807, 2.05) is 18.4 Å². The molecule has 2 aromatic carbocycles. The van der Waals surface area contributed by atoms with Gasteiger partial charge in [-0.1, -0.05) is 29.8 Å². The normalized spacial score (nSPS) is 12.6. The molecule has 2 amide bonds. The highest BCUT2D eigenvalue weighted by atomic mass is 35.5. The first-order valence-corrected chi connectivity index (χ1v) is 10.9. The summed E-state index contributed by atoms with van der Waals surface area (Å²) in [5.41, 5.74) is 2.69.